The molecule has 24 heavy (non-hydrogen) atoms. The van der Waals surface area contributed by atoms with Crippen LogP contribution >= 0.6 is 0 Å². The van der Waals surface area contributed by atoms with Crippen molar-refractivity contribution in [1.82, 2.24) is 0 Å². The lowest BCUT2D eigenvalue weighted by molar-refractivity contribution is -0.152. The van der Waals surface area contributed by atoms with Crippen molar-refractivity contribution >= 4 is 11.9 Å². The van der Waals surface area contributed by atoms with E-state index in [0.29, 0.717) is 24.0 Å². The van der Waals surface area contributed by atoms with Gasteiger partial charge >= 0.3 is 11.9 Å². The van der Waals surface area contributed by atoms with E-state index >= 15 is 0 Å². The lowest BCUT2D eigenvalue weighted by Crippen LogP contribution is -2.37. The quantitative estimate of drug-likeness (QED) is 0.357. The van der Waals surface area contributed by atoms with Crippen LogP contribution in [0, 0.1) is 5.92 Å². The summed E-state index contributed by atoms with van der Waals surface area (Å²) in [6, 6.07) is 0. The molecule has 6 nitrogen and oxygen atoms in total. The number of aliphatic hydroxyl groups excluding tert-OH is 1. The monoisotopic (exact) mass is 336 g/mol. The van der Waals surface area contributed by atoms with Crippen molar-refractivity contribution in [1.29, 1.82) is 0 Å². The molecule has 0 aromatic rings. The summed E-state index contributed by atoms with van der Waals surface area (Å²) >= 11 is 0. The van der Waals surface area contributed by atoms with Crippen molar-refractivity contribution < 1.29 is 28.9 Å². The Hall–Kier alpha value is -1.66. The maximum absolute atomic E-state index is 12.0. The van der Waals surface area contributed by atoms with E-state index in [4.69, 9.17) is 14.2 Å². The first-order valence-corrected chi connectivity index (χ1v) is 8.38. The molecule has 6 atom stereocenters. The summed E-state index contributed by atoms with van der Waals surface area (Å²) in [6.07, 6.45) is 1.03. The molecule has 1 N–H and O–H groups in total. The van der Waals surface area contributed by atoms with E-state index in [1.54, 1.807) is 19.9 Å². The Morgan fingerprint density at radius 3 is 2.92 bits per heavy atom. The van der Waals surface area contributed by atoms with Gasteiger partial charge in [0, 0.05) is 24.8 Å². The van der Waals surface area contributed by atoms with Crippen LogP contribution in [-0.4, -0.2) is 47.1 Å². The summed E-state index contributed by atoms with van der Waals surface area (Å²) in [6.45, 7) is 9.30. The Kier molecular flexibility index (Phi) is 4.30. The second-order valence-corrected chi connectivity index (χ2v) is 7.09. The molecule has 0 aromatic heterocycles. The van der Waals surface area contributed by atoms with Gasteiger partial charge in [0.2, 0.25) is 0 Å². The third kappa shape index (κ3) is 3.00. The molecule has 1 aliphatic carbocycles. The molecule has 2 fully saturated rings. The third-order valence-corrected chi connectivity index (χ3v) is 5.27. The number of fused-ring (bicyclic) bond motifs is 2. The van der Waals surface area contributed by atoms with Crippen LogP contribution < -0.4 is 0 Å². The number of hydrogen-bond donors (Lipinski definition) is 1. The molecular weight excluding hydrogens is 312 g/mol. The first-order valence-electron chi connectivity index (χ1n) is 8.38. The number of esters is 2. The largest absolute Gasteiger partial charge is 0.461 e. The van der Waals surface area contributed by atoms with Gasteiger partial charge < -0.3 is 19.3 Å². The predicted octanol–water partition coefficient (Wildman–Crippen LogP) is 1.66. The van der Waals surface area contributed by atoms with Crippen LogP contribution in [0.1, 0.15) is 40.0 Å². The lowest BCUT2D eigenvalue weighted by atomic mass is 9.82. The van der Waals surface area contributed by atoms with Crippen molar-refractivity contribution in [3.63, 3.8) is 0 Å². The van der Waals surface area contributed by atoms with Gasteiger partial charge in [0.25, 0.3) is 0 Å². The molecule has 0 radical (unpaired) electrons. The van der Waals surface area contributed by atoms with Crippen molar-refractivity contribution in [3.8, 4) is 0 Å². The zero-order valence-electron chi connectivity index (χ0n) is 14.3. The minimum Gasteiger partial charge on any atom is -0.461 e. The van der Waals surface area contributed by atoms with Gasteiger partial charge in [0.15, 0.2) is 0 Å². The van der Waals surface area contributed by atoms with Gasteiger partial charge in [-0.2, -0.15) is 0 Å². The highest BCUT2D eigenvalue weighted by Crippen LogP contribution is 2.47. The van der Waals surface area contributed by atoms with Gasteiger partial charge in [0.05, 0.1) is 23.7 Å². The maximum atomic E-state index is 12.0. The maximum Gasteiger partial charge on any atom is 0.334 e. The number of rotatable bonds is 2. The molecule has 3 aliphatic rings. The second-order valence-electron chi connectivity index (χ2n) is 7.09. The van der Waals surface area contributed by atoms with Crippen LogP contribution in [0.5, 0.6) is 0 Å². The van der Waals surface area contributed by atoms with Crippen LogP contribution in [0.4, 0.5) is 0 Å². The Bertz CT molecular complexity index is 609. The number of ether oxygens (including phenoxy) is 3. The molecule has 2 saturated heterocycles. The van der Waals surface area contributed by atoms with E-state index in [2.05, 4.69) is 6.58 Å². The summed E-state index contributed by atoms with van der Waals surface area (Å²) < 4.78 is 16.8. The number of aliphatic hydroxyl groups is 1. The fourth-order valence-corrected chi connectivity index (χ4v) is 3.60. The molecule has 0 spiro atoms. The second kappa shape index (κ2) is 6.01. The van der Waals surface area contributed by atoms with Crippen LogP contribution in [-0.2, 0) is 23.8 Å². The summed E-state index contributed by atoms with van der Waals surface area (Å²) in [5.74, 6) is -1.28. The zero-order valence-corrected chi connectivity index (χ0v) is 14.3. The molecular formula is C18H24O6. The smallest absolute Gasteiger partial charge is 0.334 e. The Balaban J connectivity index is 1.97. The highest BCUT2D eigenvalue weighted by Gasteiger charge is 2.57. The summed E-state index contributed by atoms with van der Waals surface area (Å²) in [4.78, 5) is 23.9. The van der Waals surface area contributed by atoms with E-state index in [9.17, 15) is 14.7 Å². The predicted molar refractivity (Wildman–Crippen MR) is 85.0 cm³/mol. The topological polar surface area (TPSA) is 85.4 Å². The average molecular weight is 336 g/mol. The van der Waals surface area contributed by atoms with Crippen LogP contribution in [0.3, 0.4) is 0 Å². The Labute approximate surface area is 141 Å². The zero-order chi connectivity index (χ0) is 17.6. The van der Waals surface area contributed by atoms with E-state index in [0.717, 1.165) is 0 Å². The molecule has 2 heterocycles. The van der Waals surface area contributed by atoms with Gasteiger partial charge in [-0.15, -0.1) is 0 Å². The van der Waals surface area contributed by atoms with Crippen LogP contribution in [0.25, 0.3) is 0 Å². The van der Waals surface area contributed by atoms with Gasteiger partial charge in [-0.25, -0.2) is 4.79 Å². The fraction of sp³-hybridized carbons (Fsp3) is 0.667. The van der Waals surface area contributed by atoms with Crippen LogP contribution in [0.2, 0.25) is 0 Å². The normalized spacial score (nSPS) is 41.7. The van der Waals surface area contributed by atoms with E-state index in [1.807, 2.05) is 6.92 Å². The van der Waals surface area contributed by atoms with E-state index < -0.39 is 35.8 Å². The average Bonchev–Trinajstić information content (AvgIpc) is 3.04. The van der Waals surface area contributed by atoms with Gasteiger partial charge in [-0.1, -0.05) is 13.5 Å². The van der Waals surface area contributed by atoms with Crippen molar-refractivity contribution in [2.75, 3.05) is 0 Å². The summed E-state index contributed by atoms with van der Waals surface area (Å²) in [5, 5.41) is 10.3. The van der Waals surface area contributed by atoms with Crippen molar-refractivity contribution in [2.45, 2.75) is 70.1 Å². The number of hydrogen-bond acceptors (Lipinski definition) is 6. The Morgan fingerprint density at radius 2 is 2.25 bits per heavy atom. The highest BCUT2D eigenvalue weighted by molar-refractivity contribution is 5.91. The molecule has 0 aromatic carbocycles. The van der Waals surface area contributed by atoms with Gasteiger partial charge in [-0.05, 0) is 25.5 Å². The molecule has 132 valence electrons. The van der Waals surface area contributed by atoms with Gasteiger partial charge in [-0.3, -0.25) is 4.79 Å². The molecule has 6 unspecified atom stereocenters. The number of carbonyl (C=O) groups excluding carboxylic acids is 2. The van der Waals surface area contributed by atoms with E-state index in [-0.39, 0.29) is 18.5 Å². The first-order chi connectivity index (χ1) is 11.2. The van der Waals surface area contributed by atoms with Crippen molar-refractivity contribution in [3.05, 3.63) is 23.8 Å². The van der Waals surface area contributed by atoms with Gasteiger partial charge in [0.1, 0.15) is 12.2 Å². The molecule has 0 saturated carbocycles. The molecule has 0 amide bonds. The Morgan fingerprint density at radius 1 is 1.54 bits per heavy atom. The standard InChI is InChI=1S/C18H24O6/c1-5-15(20)22-13-8-18(4)14(24-18)7-11(19)9(2)6-12-16(13)10(3)17(21)23-12/h6,11-14,16,19H,3,5,7-8H2,1-2,4H3. The summed E-state index contributed by atoms with van der Waals surface area (Å²) in [7, 11) is 0. The summed E-state index contributed by atoms with van der Waals surface area (Å²) in [5.41, 5.74) is 0.537. The third-order valence-electron chi connectivity index (χ3n) is 5.27. The SMILES string of the molecule is C=C1C(=O)OC2C=C(C)C(O)CC3OC3(C)CC(OC(=O)CC)C12. The van der Waals surface area contributed by atoms with Crippen LogP contribution in [0.15, 0.2) is 23.8 Å². The fourth-order valence-electron chi connectivity index (χ4n) is 3.60. The molecule has 6 heteroatoms. The highest BCUT2D eigenvalue weighted by atomic mass is 16.6. The van der Waals surface area contributed by atoms with E-state index in [1.165, 1.54) is 0 Å². The lowest BCUT2D eigenvalue weighted by Gasteiger charge is -2.28. The molecule has 2 aliphatic heterocycles. The first kappa shape index (κ1) is 17.2. The number of epoxide rings is 1. The minimum absolute atomic E-state index is 0.0958. The number of carbonyl (C=O) groups is 2. The molecule has 3 rings (SSSR count). The minimum atomic E-state index is -0.653. The molecule has 0 bridgehead atoms. The van der Waals surface area contributed by atoms with Crippen molar-refractivity contribution in [2.24, 2.45) is 5.92 Å².